The van der Waals surface area contributed by atoms with Gasteiger partial charge in [0, 0.05) is 23.3 Å². The Morgan fingerprint density at radius 2 is 2.00 bits per heavy atom. The van der Waals surface area contributed by atoms with E-state index in [1.54, 1.807) is 12.5 Å². The minimum Gasteiger partial charge on any atom is -0.550 e. The topological polar surface area (TPSA) is 101 Å². The van der Waals surface area contributed by atoms with Crippen LogP contribution in [-0.2, 0) is 27.8 Å². The molecule has 7 nitrogen and oxygen atoms in total. The Kier molecular flexibility index (Phi) is 7.39. The smallest absolute Gasteiger partial charge is 0.226 e. The molecule has 0 atom stereocenters. The van der Waals surface area contributed by atoms with Crippen molar-refractivity contribution in [2.45, 2.75) is 39.0 Å². The number of aliphatic carboxylic acids is 1. The number of thiazole rings is 1. The minimum absolute atomic E-state index is 0.105. The van der Waals surface area contributed by atoms with E-state index < -0.39 is 5.97 Å². The van der Waals surface area contributed by atoms with Crippen LogP contribution >= 0.6 is 11.3 Å². The van der Waals surface area contributed by atoms with Crippen molar-refractivity contribution in [1.82, 2.24) is 10.3 Å². The molecular weight excluding hydrogens is 380 g/mol. The lowest BCUT2D eigenvalue weighted by Crippen LogP contribution is -2.29. The van der Waals surface area contributed by atoms with Crippen molar-refractivity contribution in [2.75, 3.05) is 20.3 Å². The Morgan fingerprint density at radius 1 is 1.25 bits per heavy atom. The lowest BCUT2D eigenvalue weighted by atomic mass is 9.86. The number of aromatic nitrogens is 1. The van der Waals surface area contributed by atoms with E-state index in [1.165, 1.54) is 11.3 Å². The average molecular weight is 405 g/mol. The van der Waals surface area contributed by atoms with Gasteiger partial charge in [0.2, 0.25) is 5.91 Å². The quantitative estimate of drug-likeness (QED) is 0.634. The standard InChI is InChI=1S/C20H26N2O5S/c1-20(2,3)15-10-14(26-4)5-6-16(15)27-8-7-21-17(23)11-18-22-13(12-28-18)9-19(24)25/h5-6,10,12H,7-9,11H2,1-4H3,(H,21,23)(H,24,25)/p-1. The molecule has 2 rings (SSSR count). The van der Waals surface area contributed by atoms with E-state index in [2.05, 4.69) is 31.1 Å². The Labute approximate surface area is 168 Å². The number of hydrogen-bond acceptors (Lipinski definition) is 7. The molecule has 0 aliphatic heterocycles. The fourth-order valence-electron chi connectivity index (χ4n) is 2.56. The molecule has 1 amide bonds. The number of nitrogens with one attached hydrogen (secondary N) is 1. The number of nitrogens with zero attached hydrogens (tertiary/aromatic N) is 1. The van der Waals surface area contributed by atoms with Gasteiger partial charge in [-0.15, -0.1) is 11.3 Å². The lowest BCUT2D eigenvalue weighted by Gasteiger charge is -2.23. The van der Waals surface area contributed by atoms with E-state index in [0.29, 0.717) is 23.9 Å². The first-order valence-electron chi connectivity index (χ1n) is 8.90. The van der Waals surface area contributed by atoms with Crippen molar-refractivity contribution in [2.24, 2.45) is 0 Å². The lowest BCUT2D eigenvalue weighted by molar-refractivity contribution is -0.304. The molecule has 28 heavy (non-hydrogen) atoms. The highest BCUT2D eigenvalue weighted by Crippen LogP contribution is 2.34. The summed E-state index contributed by atoms with van der Waals surface area (Å²) < 4.78 is 11.1. The predicted octanol–water partition coefficient (Wildman–Crippen LogP) is 1.48. The van der Waals surface area contributed by atoms with Crippen LogP contribution < -0.4 is 19.9 Å². The van der Waals surface area contributed by atoms with Crippen LogP contribution in [0.1, 0.15) is 37.0 Å². The van der Waals surface area contributed by atoms with Crippen LogP contribution in [0.25, 0.3) is 0 Å². The van der Waals surface area contributed by atoms with E-state index in [9.17, 15) is 14.7 Å². The van der Waals surface area contributed by atoms with Gasteiger partial charge < -0.3 is 24.7 Å². The molecule has 152 valence electrons. The molecule has 0 aliphatic rings. The van der Waals surface area contributed by atoms with Crippen LogP contribution in [0.15, 0.2) is 23.6 Å². The zero-order valence-corrected chi connectivity index (χ0v) is 17.4. The number of rotatable bonds is 9. The molecule has 0 radical (unpaired) electrons. The summed E-state index contributed by atoms with van der Waals surface area (Å²) in [6.45, 7) is 6.97. The van der Waals surface area contributed by atoms with Gasteiger partial charge in [0.1, 0.15) is 23.1 Å². The Bertz CT molecular complexity index is 826. The highest BCUT2D eigenvalue weighted by atomic mass is 32.1. The van der Waals surface area contributed by atoms with Gasteiger partial charge in [0.25, 0.3) is 0 Å². The number of carbonyl (C=O) groups excluding carboxylic acids is 2. The van der Waals surface area contributed by atoms with E-state index in [4.69, 9.17) is 9.47 Å². The van der Waals surface area contributed by atoms with Gasteiger partial charge in [-0.3, -0.25) is 4.79 Å². The van der Waals surface area contributed by atoms with Gasteiger partial charge in [-0.05, 0) is 23.6 Å². The molecular formula is C20H25N2O5S-. The number of methoxy groups -OCH3 is 1. The molecule has 0 spiro atoms. The molecule has 8 heteroatoms. The molecule has 1 heterocycles. The van der Waals surface area contributed by atoms with Gasteiger partial charge in [-0.2, -0.15) is 0 Å². The van der Waals surface area contributed by atoms with Crippen LogP contribution in [0.2, 0.25) is 0 Å². The van der Waals surface area contributed by atoms with Crippen molar-refractivity contribution in [3.63, 3.8) is 0 Å². The van der Waals surface area contributed by atoms with Gasteiger partial charge in [0.05, 0.1) is 25.8 Å². The molecule has 1 aromatic carbocycles. The van der Waals surface area contributed by atoms with Crippen LogP contribution in [0.5, 0.6) is 11.5 Å². The Morgan fingerprint density at radius 3 is 2.64 bits per heavy atom. The number of carboxylic acid groups (broad SMARTS) is 1. The second-order valence-electron chi connectivity index (χ2n) is 7.27. The first-order chi connectivity index (χ1) is 13.2. The van der Waals surface area contributed by atoms with Crippen molar-refractivity contribution < 1.29 is 24.2 Å². The van der Waals surface area contributed by atoms with Gasteiger partial charge in [0.15, 0.2) is 0 Å². The zero-order valence-electron chi connectivity index (χ0n) is 16.5. The maximum absolute atomic E-state index is 12.0. The number of benzene rings is 1. The van der Waals surface area contributed by atoms with Crippen LogP contribution in [0.3, 0.4) is 0 Å². The van der Waals surface area contributed by atoms with Gasteiger partial charge >= 0.3 is 0 Å². The van der Waals surface area contributed by atoms with Gasteiger partial charge in [-0.1, -0.05) is 20.8 Å². The first kappa shape index (κ1) is 21.7. The minimum atomic E-state index is -1.19. The fourth-order valence-corrected chi connectivity index (χ4v) is 3.35. The third-order valence-corrected chi connectivity index (χ3v) is 4.81. The fraction of sp³-hybridized carbons (Fsp3) is 0.450. The van der Waals surface area contributed by atoms with E-state index in [-0.39, 0.29) is 24.2 Å². The van der Waals surface area contributed by atoms with Crippen LogP contribution in [0.4, 0.5) is 0 Å². The molecule has 0 fully saturated rings. The summed E-state index contributed by atoms with van der Waals surface area (Å²) in [5, 5.41) is 15.5. The van der Waals surface area contributed by atoms with E-state index in [1.807, 2.05) is 18.2 Å². The monoisotopic (exact) mass is 405 g/mol. The summed E-state index contributed by atoms with van der Waals surface area (Å²) in [6.07, 6.45) is -0.141. The van der Waals surface area contributed by atoms with E-state index in [0.717, 1.165) is 17.1 Å². The number of amides is 1. The summed E-state index contributed by atoms with van der Waals surface area (Å²) in [7, 11) is 1.63. The molecule has 0 bridgehead atoms. The summed E-state index contributed by atoms with van der Waals surface area (Å²) in [6, 6.07) is 5.67. The summed E-state index contributed by atoms with van der Waals surface area (Å²) >= 11 is 1.26. The second kappa shape index (κ2) is 9.54. The van der Waals surface area contributed by atoms with Crippen LogP contribution in [0, 0.1) is 0 Å². The predicted molar refractivity (Wildman–Crippen MR) is 105 cm³/mol. The number of hydrogen-bond donors (Lipinski definition) is 1. The maximum atomic E-state index is 12.0. The highest BCUT2D eigenvalue weighted by Gasteiger charge is 2.20. The van der Waals surface area contributed by atoms with Crippen molar-refractivity contribution in [3.05, 3.63) is 39.8 Å². The van der Waals surface area contributed by atoms with Gasteiger partial charge in [-0.25, -0.2) is 4.98 Å². The third kappa shape index (κ3) is 6.53. The molecule has 0 unspecified atom stereocenters. The average Bonchev–Trinajstić information content (AvgIpc) is 3.03. The van der Waals surface area contributed by atoms with Crippen molar-refractivity contribution in [3.8, 4) is 11.5 Å². The first-order valence-corrected chi connectivity index (χ1v) is 9.78. The number of carboxylic acids is 1. The third-order valence-electron chi connectivity index (χ3n) is 3.91. The van der Waals surface area contributed by atoms with Crippen molar-refractivity contribution in [1.29, 1.82) is 0 Å². The molecule has 1 aromatic heterocycles. The largest absolute Gasteiger partial charge is 0.550 e. The number of ether oxygens (including phenoxy) is 2. The summed E-state index contributed by atoms with van der Waals surface area (Å²) in [5.41, 5.74) is 1.33. The zero-order chi connectivity index (χ0) is 20.7. The van der Waals surface area contributed by atoms with Crippen LogP contribution in [-0.4, -0.2) is 37.1 Å². The summed E-state index contributed by atoms with van der Waals surface area (Å²) in [5.74, 6) is 0.150. The number of carbonyl (C=O) groups is 2. The highest BCUT2D eigenvalue weighted by molar-refractivity contribution is 7.09. The van der Waals surface area contributed by atoms with Crippen molar-refractivity contribution >= 4 is 23.2 Å². The Balaban J connectivity index is 1.83. The molecule has 0 aliphatic carbocycles. The second-order valence-corrected chi connectivity index (χ2v) is 8.21. The maximum Gasteiger partial charge on any atom is 0.226 e. The Hall–Kier alpha value is -2.61. The molecule has 1 N–H and O–H groups in total. The SMILES string of the molecule is COc1ccc(OCCNC(=O)Cc2nc(CC(=O)[O-])cs2)c(C(C)(C)C)c1. The molecule has 0 saturated heterocycles. The normalized spacial score (nSPS) is 11.1. The molecule has 0 saturated carbocycles. The molecule has 2 aromatic rings. The summed E-state index contributed by atoms with van der Waals surface area (Å²) in [4.78, 5) is 26.7. The van der Waals surface area contributed by atoms with E-state index >= 15 is 0 Å².